The Morgan fingerprint density at radius 2 is 1.83 bits per heavy atom. The number of rotatable bonds is 6. The molecule has 0 spiro atoms. The summed E-state index contributed by atoms with van der Waals surface area (Å²) in [4.78, 5) is 11.6. The van der Waals surface area contributed by atoms with Gasteiger partial charge in [-0.1, -0.05) is 11.6 Å². The van der Waals surface area contributed by atoms with Crippen LogP contribution >= 0.6 is 23.2 Å². The molecule has 4 rings (SSSR count). The van der Waals surface area contributed by atoms with Crippen LogP contribution in [0.5, 0.6) is 5.75 Å². The predicted octanol–water partition coefficient (Wildman–Crippen LogP) is 4.99. The zero-order chi connectivity index (χ0) is 25.5. The van der Waals surface area contributed by atoms with Gasteiger partial charge in [-0.25, -0.2) is 9.97 Å². The normalized spacial score (nSPS) is 19.8. The SMILES string of the molecule is O=S(c1ccc(OCC(F)(F)F)cc1Cl)C1CCN(c2nc(Cl)nc3c2CN(CC(F)(F)F)C3)C1. The molecule has 1 aromatic carbocycles. The third-order valence-corrected chi connectivity index (χ3v) is 7.85. The molecule has 2 aliphatic rings. The minimum Gasteiger partial charge on any atom is -0.484 e. The lowest BCUT2D eigenvalue weighted by molar-refractivity contribution is -0.153. The minimum atomic E-state index is -4.50. The summed E-state index contributed by atoms with van der Waals surface area (Å²) in [6.07, 6.45) is -8.39. The van der Waals surface area contributed by atoms with Gasteiger partial charge in [0, 0.05) is 31.7 Å². The van der Waals surface area contributed by atoms with Crippen LogP contribution in [0.4, 0.5) is 32.2 Å². The maximum atomic E-state index is 13.2. The van der Waals surface area contributed by atoms with E-state index in [0.29, 0.717) is 30.0 Å². The molecule has 192 valence electrons. The molecule has 0 N–H and O–H groups in total. The van der Waals surface area contributed by atoms with E-state index in [9.17, 15) is 30.6 Å². The molecule has 15 heteroatoms. The molecule has 0 amide bonds. The maximum absolute atomic E-state index is 13.2. The number of nitrogens with zero attached hydrogens (tertiary/aromatic N) is 4. The van der Waals surface area contributed by atoms with Crippen LogP contribution in [0.25, 0.3) is 0 Å². The van der Waals surface area contributed by atoms with Gasteiger partial charge in [-0.05, 0) is 36.2 Å². The number of hydrogen-bond acceptors (Lipinski definition) is 6. The molecule has 1 fully saturated rings. The number of halogens is 8. The van der Waals surface area contributed by atoms with Crippen molar-refractivity contribution >= 4 is 39.8 Å². The second-order valence-corrected chi connectivity index (χ2v) is 10.6. The molecule has 1 saturated heterocycles. The summed E-state index contributed by atoms with van der Waals surface area (Å²) in [5, 5.41) is -0.476. The van der Waals surface area contributed by atoms with Crippen molar-refractivity contribution < 1.29 is 35.3 Å². The fourth-order valence-corrected chi connectivity index (χ4v) is 6.10. The fourth-order valence-electron chi connectivity index (χ4n) is 4.07. The van der Waals surface area contributed by atoms with Gasteiger partial charge in [0.15, 0.2) is 6.61 Å². The van der Waals surface area contributed by atoms with Crippen LogP contribution in [-0.2, 0) is 23.9 Å². The van der Waals surface area contributed by atoms with Crippen molar-refractivity contribution in [1.82, 2.24) is 14.9 Å². The first-order valence-electron chi connectivity index (χ1n) is 10.3. The predicted molar refractivity (Wildman–Crippen MR) is 117 cm³/mol. The van der Waals surface area contributed by atoms with Crippen LogP contribution in [0.3, 0.4) is 0 Å². The summed E-state index contributed by atoms with van der Waals surface area (Å²) < 4.78 is 93.4. The summed E-state index contributed by atoms with van der Waals surface area (Å²) in [5.74, 6) is 0.307. The number of fused-ring (bicyclic) bond motifs is 1. The van der Waals surface area contributed by atoms with Gasteiger partial charge in [-0.15, -0.1) is 0 Å². The van der Waals surface area contributed by atoms with Gasteiger partial charge in [0.1, 0.15) is 11.6 Å². The zero-order valence-electron chi connectivity index (χ0n) is 17.8. The molecule has 0 aliphatic carbocycles. The Morgan fingerprint density at radius 1 is 1.09 bits per heavy atom. The van der Waals surface area contributed by atoms with Gasteiger partial charge >= 0.3 is 12.4 Å². The first kappa shape index (κ1) is 26.2. The molecular weight excluding hydrogens is 545 g/mol. The van der Waals surface area contributed by atoms with Crippen LogP contribution in [0.1, 0.15) is 17.7 Å². The standard InChI is InChI=1S/C20H18Cl2F6N4O2S/c21-14-5-11(34-10-20(26,27)28)1-2-16(14)35(33)12-3-4-32(6-12)17-13-7-31(9-19(23,24)25)8-15(13)29-18(22)30-17/h1-2,5,12H,3-4,6-10H2. The van der Waals surface area contributed by atoms with Crippen LogP contribution in [-0.4, -0.2) is 62.9 Å². The molecule has 35 heavy (non-hydrogen) atoms. The van der Waals surface area contributed by atoms with Crippen LogP contribution in [0.15, 0.2) is 23.1 Å². The van der Waals surface area contributed by atoms with E-state index < -0.39 is 41.6 Å². The van der Waals surface area contributed by atoms with Crippen molar-refractivity contribution in [3.63, 3.8) is 0 Å². The number of hydrogen-bond donors (Lipinski definition) is 0. The van der Waals surface area contributed by atoms with E-state index in [1.54, 1.807) is 4.90 Å². The third kappa shape index (κ3) is 6.49. The third-order valence-electron chi connectivity index (χ3n) is 5.47. The second-order valence-electron chi connectivity index (χ2n) is 8.15. The summed E-state index contributed by atoms with van der Waals surface area (Å²) in [7, 11) is -1.61. The lowest BCUT2D eigenvalue weighted by Gasteiger charge is -2.21. The Bertz CT molecular complexity index is 1130. The number of ether oxygens (including phenoxy) is 1. The fraction of sp³-hybridized carbons (Fsp3) is 0.500. The van der Waals surface area contributed by atoms with Crippen molar-refractivity contribution in [1.29, 1.82) is 0 Å². The molecule has 0 bridgehead atoms. The lowest BCUT2D eigenvalue weighted by Crippen LogP contribution is -2.30. The lowest BCUT2D eigenvalue weighted by atomic mass is 10.2. The van der Waals surface area contributed by atoms with Crippen molar-refractivity contribution in [2.75, 3.05) is 31.1 Å². The molecule has 0 saturated carbocycles. The average Bonchev–Trinajstić information content (AvgIpc) is 3.36. The molecule has 2 aromatic rings. The van der Waals surface area contributed by atoms with Gasteiger partial charge in [-0.3, -0.25) is 9.11 Å². The molecule has 3 heterocycles. The molecule has 2 atom stereocenters. The second kappa shape index (κ2) is 9.91. The number of anilines is 1. The highest BCUT2D eigenvalue weighted by Gasteiger charge is 2.38. The van der Waals surface area contributed by atoms with E-state index in [2.05, 4.69) is 14.7 Å². The quantitative estimate of drug-likeness (QED) is 0.365. The summed E-state index contributed by atoms with van der Waals surface area (Å²) >= 11 is 12.2. The Hall–Kier alpha value is -1.83. The van der Waals surface area contributed by atoms with Gasteiger partial charge in [0.25, 0.3) is 0 Å². The topological polar surface area (TPSA) is 58.6 Å². The Kier molecular flexibility index (Phi) is 7.43. The molecule has 0 radical (unpaired) electrons. The van der Waals surface area contributed by atoms with Gasteiger partial charge in [0.2, 0.25) is 5.28 Å². The number of aromatic nitrogens is 2. The van der Waals surface area contributed by atoms with Crippen LogP contribution in [0.2, 0.25) is 10.3 Å². The van der Waals surface area contributed by atoms with Crippen LogP contribution in [0, 0.1) is 0 Å². The Morgan fingerprint density at radius 3 is 2.49 bits per heavy atom. The average molecular weight is 563 g/mol. The highest BCUT2D eigenvalue weighted by molar-refractivity contribution is 7.85. The van der Waals surface area contributed by atoms with E-state index in [-0.39, 0.29) is 40.6 Å². The van der Waals surface area contributed by atoms with Crippen molar-refractivity contribution in [2.24, 2.45) is 0 Å². The Labute approximate surface area is 208 Å². The summed E-state index contributed by atoms with van der Waals surface area (Å²) in [6, 6.07) is 3.81. The summed E-state index contributed by atoms with van der Waals surface area (Å²) in [5.41, 5.74) is 0.973. The molecule has 1 aromatic heterocycles. The molecular formula is C20H18Cl2F6N4O2S. The first-order valence-corrected chi connectivity index (χ1v) is 12.2. The largest absolute Gasteiger partial charge is 0.484 e. The molecule has 6 nitrogen and oxygen atoms in total. The van der Waals surface area contributed by atoms with Crippen LogP contribution < -0.4 is 9.64 Å². The minimum absolute atomic E-state index is 0.00828. The first-order chi connectivity index (χ1) is 16.3. The van der Waals surface area contributed by atoms with Crippen molar-refractivity contribution in [3.8, 4) is 5.75 Å². The number of benzene rings is 1. The van der Waals surface area contributed by atoms with E-state index in [4.69, 9.17) is 23.2 Å². The van der Waals surface area contributed by atoms with Gasteiger partial charge < -0.3 is 9.64 Å². The van der Waals surface area contributed by atoms with E-state index >= 15 is 0 Å². The van der Waals surface area contributed by atoms with Gasteiger partial charge in [-0.2, -0.15) is 26.3 Å². The molecule has 2 aliphatic heterocycles. The highest BCUT2D eigenvalue weighted by atomic mass is 35.5. The van der Waals surface area contributed by atoms with Gasteiger partial charge in [0.05, 0.1) is 38.2 Å². The monoisotopic (exact) mass is 562 g/mol. The highest BCUT2D eigenvalue weighted by Crippen LogP contribution is 2.36. The van der Waals surface area contributed by atoms with Crippen molar-refractivity contribution in [3.05, 3.63) is 39.8 Å². The zero-order valence-corrected chi connectivity index (χ0v) is 20.1. The van der Waals surface area contributed by atoms with E-state index in [1.807, 2.05) is 0 Å². The molecule has 2 unspecified atom stereocenters. The number of alkyl halides is 6. The smallest absolute Gasteiger partial charge is 0.422 e. The Balaban J connectivity index is 1.46. The van der Waals surface area contributed by atoms with E-state index in [0.717, 1.165) is 0 Å². The van der Waals surface area contributed by atoms with E-state index in [1.165, 1.54) is 23.1 Å². The summed E-state index contributed by atoms with van der Waals surface area (Å²) in [6.45, 7) is -1.86. The van der Waals surface area contributed by atoms with Crippen molar-refractivity contribution in [2.45, 2.75) is 42.0 Å². The maximum Gasteiger partial charge on any atom is 0.422 e.